The number of methoxy groups -OCH3 is 1. The van der Waals surface area contributed by atoms with E-state index >= 15 is 0 Å². The Kier molecular flexibility index (Phi) is 4.69. The maximum atomic E-state index is 5.43. The van der Waals surface area contributed by atoms with Crippen LogP contribution < -0.4 is 15.8 Å². The molecule has 1 aromatic heterocycles. The molecule has 1 aromatic carbocycles. The maximum absolute atomic E-state index is 5.43. The van der Waals surface area contributed by atoms with Crippen LogP contribution in [0.15, 0.2) is 36.7 Å². The van der Waals surface area contributed by atoms with Crippen LogP contribution in [0.25, 0.3) is 11.1 Å². The van der Waals surface area contributed by atoms with Gasteiger partial charge in [-0.05, 0) is 30.7 Å². The molecule has 0 amide bonds. The van der Waals surface area contributed by atoms with Crippen LogP contribution in [-0.2, 0) is 0 Å². The van der Waals surface area contributed by atoms with Gasteiger partial charge in [0, 0.05) is 24.5 Å². The lowest BCUT2D eigenvalue weighted by Crippen LogP contribution is -2.10. The molecule has 0 fully saturated rings. The standard InChI is InChI=1S/C14H18N4O/c1-19-13-5-3-11(4-6-13)12-9-17-14(18-10-12)16-8-2-7-15/h3-6,9-10H,2,7-8,15H2,1H3,(H,16,17,18). The molecule has 0 radical (unpaired) electrons. The molecule has 0 saturated heterocycles. The Labute approximate surface area is 112 Å². The van der Waals surface area contributed by atoms with Crippen LogP contribution in [0, 0.1) is 0 Å². The molecule has 0 unspecified atom stereocenters. The van der Waals surface area contributed by atoms with Gasteiger partial charge in [0.05, 0.1) is 7.11 Å². The molecule has 0 atom stereocenters. The quantitative estimate of drug-likeness (QED) is 0.774. The van der Waals surface area contributed by atoms with Crippen LogP contribution in [-0.4, -0.2) is 30.2 Å². The fraction of sp³-hybridized carbons (Fsp3) is 0.286. The van der Waals surface area contributed by atoms with Gasteiger partial charge < -0.3 is 15.8 Å². The number of nitrogens with two attached hydrogens (primary N) is 1. The van der Waals surface area contributed by atoms with Crippen LogP contribution in [0.1, 0.15) is 6.42 Å². The van der Waals surface area contributed by atoms with E-state index in [4.69, 9.17) is 10.5 Å². The first-order chi connectivity index (χ1) is 9.33. The van der Waals surface area contributed by atoms with Gasteiger partial charge in [-0.25, -0.2) is 9.97 Å². The van der Waals surface area contributed by atoms with Gasteiger partial charge in [0.15, 0.2) is 0 Å². The summed E-state index contributed by atoms with van der Waals surface area (Å²) < 4.78 is 5.13. The highest BCUT2D eigenvalue weighted by atomic mass is 16.5. The summed E-state index contributed by atoms with van der Waals surface area (Å²) in [7, 11) is 1.65. The third-order valence-corrected chi connectivity index (χ3v) is 2.74. The Bertz CT molecular complexity index is 496. The fourth-order valence-electron chi connectivity index (χ4n) is 1.65. The molecule has 0 bridgehead atoms. The number of anilines is 1. The zero-order chi connectivity index (χ0) is 13.5. The maximum Gasteiger partial charge on any atom is 0.222 e. The summed E-state index contributed by atoms with van der Waals surface area (Å²) in [5.41, 5.74) is 7.47. The molecule has 100 valence electrons. The third-order valence-electron chi connectivity index (χ3n) is 2.74. The lowest BCUT2D eigenvalue weighted by molar-refractivity contribution is 0.415. The van der Waals surface area contributed by atoms with E-state index in [1.165, 1.54) is 0 Å². The van der Waals surface area contributed by atoms with E-state index in [1.54, 1.807) is 19.5 Å². The third kappa shape index (κ3) is 3.66. The number of hydrogen-bond acceptors (Lipinski definition) is 5. The van der Waals surface area contributed by atoms with Crippen molar-refractivity contribution in [2.75, 3.05) is 25.5 Å². The highest BCUT2D eigenvalue weighted by molar-refractivity contribution is 5.62. The number of hydrogen-bond donors (Lipinski definition) is 2. The van der Waals surface area contributed by atoms with Crippen LogP contribution in [0.2, 0.25) is 0 Å². The first-order valence-electron chi connectivity index (χ1n) is 6.24. The van der Waals surface area contributed by atoms with Crippen molar-refractivity contribution in [3.05, 3.63) is 36.7 Å². The van der Waals surface area contributed by atoms with Gasteiger partial charge in [0.25, 0.3) is 0 Å². The monoisotopic (exact) mass is 258 g/mol. The molecule has 19 heavy (non-hydrogen) atoms. The minimum Gasteiger partial charge on any atom is -0.497 e. The van der Waals surface area contributed by atoms with E-state index < -0.39 is 0 Å². The van der Waals surface area contributed by atoms with Gasteiger partial charge in [-0.3, -0.25) is 0 Å². The second-order valence-corrected chi connectivity index (χ2v) is 4.09. The number of aromatic nitrogens is 2. The minimum atomic E-state index is 0.630. The van der Waals surface area contributed by atoms with Crippen LogP contribution >= 0.6 is 0 Å². The highest BCUT2D eigenvalue weighted by Crippen LogP contribution is 2.21. The molecule has 2 aromatic rings. The van der Waals surface area contributed by atoms with E-state index in [-0.39, 0.29) is 0 Å². The highest BCUT2D eigenvalue weighted by Gasteiger charge is 2.00. The van der Waals surface area contributed by atoms with Crippen molar-refractivity contribution in [3.63, 3.8) is 0 Å². The van der Waals surface area contributed by atoms with Crippen molar-refractivity contribution >= 4 is 5.95 Å². The summed E-state index contributed by atoms with van der Waals surface area (Å²) in [6.07, 6.45) is 4.52. The average Bonchev–Trinajstić information content (AvgIpc) is 2.48. The van der Waals surface area contributed by atoms with E-state index in [0.29, 0.717) is 12.5 Å². The Morgan fingerprint density at radius 2 is 1.79 bits per heavy atom. The number of nitrogens with zero attached hydrogens (tertiary/aromatic N) is 2. The van der Waals surface area contributed by atoms with Crippen LogP contribution in [0.5, 0.6) is 5.75 Å². The van der Waals surface area contributed by atoms with Gasteiger partial charge in [-0.2, -0.15) is 0 Å². The Morgan fingerprint density at radius 3 is 2.37 bits per heavy atom. The van der Waals surface area contributed by atoms with Gasteiger partial charge in [-0.1, -0.05) is 12.1 Å². The zero-order valence-electron chi connectivity index (χ0n) is 11.0. The first kappa shape index (κ1) is 13.3. The minimum absolute atomic E-state index is 0.630. The molecule has 1 heterocycles. The van der Waals surface area contributed by atoms with Crippen molar-refractivity contribution in [2.45, 2.75) is 6.42 Å². The first-order valence-corrected chi connectivity index (χ1v) is 6.24. The molecule has 5 nitrogen and oxygen atoms in total. The molecular weight excluding hydrogens is 240 g/mol. The smallest absolute Gasteiger partial charge is 0.222 e. The van der Waals surface area contributed by atoms with Gasteiger partial charge >= 0.3 is 0 Å². The van der Waals surface area contributed by atoms with Gasteiger partial charge in [0.1, 0.15) is 5.75 Å². The van der Waals surface area contributed by atoms with Crippen molar-refractivity contribution < 1.29 is 4.74 Å². The molecule has 5 heteroatoms. The van der Waals surface area contributed by atoms with E-state index in [0.717, 1.165) is 29.8 Å². The fourth-order valence-corrected chi connectivity index (χ4v) is 1.65. The van der Waals surface area contributed by atoms with Crippen molar-refractivity contribution in [3.8, 4) is 16.9 Å². The number of rotatable bonds is 6. The van der Waals surface area contributed by atoms with Crippen LogP contribution in [0.4, 0.5) is 5.95 Å². The lowest BCUT2D eigenvalue weighted by Gasteiger charge is -2.05. The summed E-state index contributed by atoms with van der Waals surface area (Å²) >= 11 is 0. The lowest BCUT2D eigenvalue weighted by atomic mass is 10.1. The van der Waals surface area contributed by atoms with Crippen molar-refractivity contribution in [1.29, 1.82) is 0 Å². The SMILES string of the molecule is COc1ccc(-c2cnc(NCCCN)nc2)cc1. The molecule has 0 aliphatic carbocycles. The Morgan fingerprint density at radius 1 is 1.11 bits per heavy atom. The van der Waals surface area contributed by atoms with E-state index in [1.807, 2.05) is 24.3 Å². The second-order valence-electron chi connectivity index (χ2n) is 4.09. The summed E-state index contributed by atoms with van der Waals surface area (Å²) in [6.45, 7) is 1.45. The number of nitrogens with one attached hydrogen (secondary N) is 1. The molecule has 0 aliphatic heterocycles. The molecule has 3 N–H and O–H groups in total. The van der Waals surface area contributed by atoms with E-state index in [2.05, 4.69) is 15.3 Å². The second kappa shape index (κ2) is 6.70. The Balaban J connectivity index is 2.04. The molecule has 0 saturated carbocycles. The summed E-state index contributed by atoms with van der Waals surface area (Å²) in [6, 6.07) is 7.81. The number of benzene rings is 1. The molecule has 0 aliphatic rings. The van der Waals surface area contributed by atoms with Crippen LogP contribution in [0.3, 0.4) is 0 Å². The average molecular weight is 258 g/mol. The topological polar surface area (TPSA) is 73.1 Å². The van der Waals surface area contributed by atoms with Gasteiger partial charge in [-0.15, -0.1) is 0 Å². The van der Waals surface area contributed by atoms with Crippen molar-refractivity contribution in [2.24, 2.45) is 5.73 Å². The summed E-state index contributed by atoms with van der Waals surface area (Å²) in [4.78, 5) is 8.55. The van der Waals surface area contributed by atoms with Gasteiger partial charge in [0.2, 0.25) is 5.95 Å². The Hall–Kier alpha value is -2.14. The largest absolute Gasteiger partial charge is 0.497 e. The number of ether oxygens (including phenoxy) is 1. The van der Waals surface area contributed by atoms with Crippen molar-refractivity contribution in [1.82, 2.24) is 9.97 Å². The predicted octanol–water partition coefficient (Wildman–Crippen LogP) is 1.91. The summed E-state index contributed by atoms with van der Waals surface area (Å²) in [5.74, 6) is 1.47. The molecule has 0 spiro atoms. The predicted molar refractivity (Wildman–Crippen MR) is 76.2 cm³/mol. The molecule has 2 rings (SSSR count). The zero-order valence-corrected chi connectivity index (χ0v) is 11.0. The van der Waals surface area contributed by atoms with E-state index in [9.17, 15) is 0 Å². The summed E-state index contributed by atoms with van der Waals surface area (Å²) in [5, 5.41) is 3.12. The molecular formula is C14H18N4O. The normalized spacial score (nSPS) is 10.2.